The largest absolute Gasteiger partial charge is 0.508 e. The number of phenolic OH excluding ortho intramolecular Hbond substituents is 2. The molecule has 5 heteroatoms. The molecule has 0 aromatic heterocycles. The summed E-state index contributed by atoms with van der Waals surface area (Å²) in [5.41, 5.74) is 0.320. The van der Waals surface area contributed by atoms with E-state index in [0.717, 1.165) is 13.0 Å². The summed E-state index contributed by atoms with van der Waals surface area (Å²) in [6.07, 6.45) is 3.46. The molecule has 1 fully saturated rings. The maximum atomic E-state index is 12.4. The lowest BCUT2D eigenvalue weighted by Crippen LogP contribution is -2.45. The summed E-state index contributed by atoms with van der Waals surface area (Å²) in [7, 11) is 0. The lowest BCUT2D eigenvalue weighted by atomic mass is 10.0. The SMILES string of the molecule is CCN(CC1CCCCN1)C(=O)c1cc(O)cc(O)c1. The number of nitrogens with zero attached hydrogens (tertiary/aromatic N) is 1. The molecular formula is C15H22N2O3. The monoisotopic (exact) mass is 278 g/mol. The van der Waals surface area contributed by atoms with Crippen molar-refractivity contribution in [2.24, 2.45) is 0 Å². The van der Waals surface area contributed by atoms with Crippen molar-refractivity contribution >= 4 is 5.91 Å². The fourth-order valence-electron chi connectivity index (χ4n) is 2.60. The van der Waals surface area contributed by atoms with Crippen molar-refractivity contribution in [3.8, 4) is 11.5 Å². The molecule has 0 saturated carbocycles. The van der Waals surface area contributed by atoms with E-state index in [0.29, 0.717) is 24.7 Å². The molecule has 1 atom stereocenters. The van der Waals surface area contributed by atoms with E-state index in [1.807, 2.05) is 6.92 Å². The van der Waals surface area contributed by atoms with Gasteiger partial charge in [-0.25, -0.2) is 0 Å². The van der Waals surface area contributed by atoms with Gasteiger partial charge in [0.15, 0.2) is 0 Å². The number of likely N-dealkylation sites (N-methyl/N-ethyl adjacent to an activating group) is 1. The van der Waals surface area contributed by atoms with Gasteiger partial charge in [-0.3, -0.25) is 4.79 Å². The summed E-state index contributed by atoms with van der Waals surface area (Å²) in [6.45, 7) is 4.20. The Morgan fingerprint density at radius 3 is 2.55 bits per heavy atom. The second-order valence-corrected chi connectivity index (χ2v) is 5.23. The zero-order valence-corrected chi connectivity index (χ0v) is 11.8. The Morgan fingerprint density at radius 2 is 2.00 bits per heavy atom. The molecule has 0 spiro atoms. The van der Waals surface area contributed by atoms with E-state index in [1.165, 1.54) is 31.0 Å². The molecule has 20 heavy (non-hydrogen) atoms. The first-order valence-electron chi connectivity index (χ1n) is 7.16. The van der Waals surface area contributed by atoms with Crippen LogP contribution >= 0.6 is 0 Å². The maximum Gasteiger partial charge on any atom is 0.254 e. The Balaban J connectivity index is 2.07. The molecule has 1 aromatic carbocycles. The van der Waals surface area contributed by atoms with Gasteiger partial charge in [0.25, 0.3) is 5.91 Å². The minimum Gasteiger partial charge on any atom is -0.508 e. The molecule has 1 heterocycles. The molecule has 3 N–H and O–H groups in total. The fourth-order valence-corrected chi connectivity index (χ4v) is 2.60. The van der Waals surface area contributed by atoms with Gasteiger partial charge in [-0.05, 0) is 38.4 Å². The van der Waals surface area contributed by atoms with Crippen molar-refractivity contribution in [3.63, 3.8) is 0 Å². The first-order valence-corrected chi connectivity index (χ1v) is 7.16. The lowest BCUT2D eigenvalue weighted by Gasteiger charge is -2.30. The number of aromatic hydroxyl groups is 2. The highest BCUT2D eigenvalue weighted by molar-refractivity contribution is 5.95. The number of piperidine rings is 1. The fraction of sp³-hybridized carbons (Fsp3) is 0.533. The molecule has 110 valence electrons. The summed E-state index contributed by atoms with van der Waals surface area (Å²) in [5.74, 6) is -0.355. The van der Waals surface area contributed by atoms with E-state index in [1.54, 1.807) is 4.90 Å². The molecule has 1 aliphatic heterocycles. The van der Waals surface area contributed by atoms with E-state index in [-0.39, 0.29) is 17.4 Å². The number of hydrogen-bond acceptors (Lipinski definition) is 4. The third-order valence-corrected chi connectivity index (χ3v) is 3.67. The van der Waals surface area contributed by atoms with E-state index < -0.39 is 0 Å². The van der Waals surface area contributed by atoms with Crippen molar-refractivity contribution in [1.82, 2.24) is 10.2 Å². The molecule has 0 bridgehead atoms. The van der Waals surface area contributed by atoms with Crippen molar-refractivity contribution in [2.45, 2.75) is 32.2 Å². The Hall–Kier alpha value is -1.75. The van der Waals surface area contributed by atoms with Gasteiger partial charge in [0.1, 0.15) is 11.5 Å². The number of hydrogen-bond donors (Lipinski definition) is 3. The molecule has 1 saturated heterocycles. The predicted octanol–water partition coefficient (Wildman–Crippen LogP) is 1.70. The summed E-state index contributed by atoms with van der Waals surface area (Å²) in [5, 5.41) is 22.4. The molecule has 2 rings (SSSR count). The minimum atomic E-state index is -0.161. The van der Waals surface area contributed by atoms with Crippen LogP contribution in [0.15, 0.2) is 18.2 Å². The van der Waals surface area contributed by atoms with Gasteiger partial charge < -0.3 is 20.4 Å². The van der Waals surface area contributed by atoms with Crippen molar-refractivity contribution < 1.29 is 15.0 Å². The summed E-state index contributed by atoms with van der Waals surface area (Å²) in [4.78, 5) is 14.2. The maximum absolute atomic E-state index is 12.4. The Labute approximate surface area is 119 Å². The number of carbonyl (C=O) groups excluding carboxylic acids is 1. The van der Waals surface area contributed by atoms with Crippen LogP contribution in [0.1, 0.15) is 36.5 Å². The van der Waals surface area contributed by atoms with Crippen LogP contribution in [0.25, 0.3) is 0 Å². The second kappa shape index (κ2) is 6.61. The van der Waals surface area contributed by atoms with Crippen LogP contribution in [0.5, 0.6) is 11.5 Å². The summed E-state index contributed by atoms with van der Waals surface area (Å²) < 4.78 is 0. The highest BCUT2D eigenvalue weighted by atomic mass is 16.3. The third kappa shape index (κ3) is 3.63. The molecule has 1 amide bonds. The van der Waals surface area contributed by atoms with Gasteiger partial charge in [-0.1, -0.05) is 6.42 Å². The van der Waals surface area contributed by atoms with E-state index >= 15 is 0 Å². The first-order chi connectivity index (χ1) is 9.60. The molecule has 1 unspecified atom stereocenters. The minimum absolute atomic E-state index is 0.0970. The zero-order chi connectivity index (χ0) is 14.5. The zero-order valence-electron chi connectivity index (χ0n) is 11.8. The first kappa shape index (κ1) is 14.7. The Morgan fingerprint density at radius 1 is 1.30 bits per heavy atom. The lowest BCUT2D eigenvalue weighted by molar-refractivity contribution is 0.0740. The smallest absolute Gasteiger partial charge is 0.254 e. The third-order valence-electron chi connectivity index (χ3n) is 3.67. The number of phenols is 2. The second-order valence-electron chi connectivity index (χ2n) is 5.23. The van der Waals surface area contributed by atoms with Crippen molar-refractivity contribution in [1.29, 1.82) is 0 Å². The summed E-state index contributed by atoms with van der Waals surface area (Å²) in [6, 6.07) is 4.33. The van der Waals surface area contributed by atoms with Crippen LogP contribution < -0.4 is 5.32 Å². The van der Waals surface area contributed by atoms with Crippen LogP contribution in [0.2, 0.25) is 0 Å². The van der Waals surface area contributed by atoms with Gasteiger partial charge in [-0.2, -0.15) is 0 Å². The van der Waals surface area contributed by atoms with E-state index in [4.69, 9.17) is 0 Å². The average Bonchev–Trinajstić information content (AvgIpc) is 2.44. The van der Waals surface area contributed by atoms with Crippen LogP contribution in [0, 0.1) is 0 Å². The highest BCUT2D eigenvalue weighted by Gasteiger charge is 2.21. The topological polar surface area (TPSA) is 72.8 Å². The Kier molecular flexibility index (Phi) is 4.84. The van der Waals surface area contributed by atoms with Gasteiger partial charge in [0, 0.05) is 30.8 Å². The van der Waals surface area contributed by atoms with Crippen LogP contribution in [-0.2, 0) is 0 Å². The van der Waals surface area contributed by atoms with Gasteiger partial charge in [-0.15, -0.1) is 0 Å². The molecule has 0 aliphatic carbocycles. The normalized spacial score (nSPS) is 18.8. The van der Waals surface area contributed by atoms with E-state index in [2.05, 4.69) is 5.32 Å². The molecular weight excluding hydrogens is 256 g/mol. The van der Waals surface area contributed by atoms with Crippen molar-refractivity contribution in [3.05, 3.63) is 23.8 Å². The Bertz CT molecular complexity index is 450. The van der Waals surface area contributed by atoms with Gasteiger partial charge in [0.05, 0.1) is 0 Å². The van der Waals surface area contributed by atoms with Gasteiger partial charge in [0.2, 0.25) is 0 Å². The average molecular weight is 278 g/mol. The number of nitrogens with one attached hydrogen (secondary N) is 1. The van der Waals surface area contributed by atoms with Crippen LogP contribution in [0.3, 0.4) is 0 Å². The standard InChI is InChI=1S/C15H22N2O3/c1-2-17(10-12-5-3-4-6-16-12)15(20)11-7-13(18)9-14(19)8-11/h7-9,12,16,18-19H,2-6,10H2,1H3. The predicted molar refractivity (Wildman–Crippen MR) is 77.0 cm³/mol. The highest BCUT2D eigenvalue weighted by Crippen LogP contribution is 2.22. The molecule has 1 aliphatic rings. The van der Waals surface area contributed by atoms with E-state index in [9.17, 15) is 15.0 Å². The van der Waals surface area contributed by atoms with Crippen LogP contribution in [-0.4, -0.2) is 46.7 Å². The quantitative estimate of drug-likeness (QED) is 0.784. The molecule has 5 nitrogen and oxygen atoms in total. The van der Waals surface area contributed by atoms with Gasteiger partial charge >= 0.3 is 0 Å². The number of benzene rings is 1. The van der Waals surface area contributed by atoms with Crippen molar-refractivity contribution in [2.75, 3.05) is 19.6 Å². The van der Waals surface area contributed by atoms with Crippen LogP contribution in [0.4, 0.5) is 0 Å². The number of carbonyl (C=O) groups is 1. The number of amides is 1. The summed E-state index contributed by atoms with van der Waals surface area (Å²) >= 11 is 0. The molecule has 1 aromatic rings. The molecule has 0 radical (unpaired) electrons. The number of rotatable bonds is 4.